The lowest BCUT2D eigenvalue weighted by Gasteiger charge is -2.13. The molecular formula is C8H7BrF3NO2. The van der Waals surface area contributed by atoms with Crippen molar-refractivity contribution in [2.45, 2.75) is 18.6 Å². The Morgan fingerprint density at radius 1 is 1.53 bits per heavy atom. The van der Waals surface area contributed by atoms with Crippen LogP contribution in [0.5, 0.6) is 5.75 Å². The predicted octanol–water partition coefficient (Wildman–Crippen LogP) is 2.48. The normalized spacial score (nSPS) is 11.5. The molecule has 0 saturated heterocycles. The van der Waals surface area contributed by atoms with Crippen LogP contribution in [0.1, 0.15) is 11.1 Å². The van der Waals surface area contributed by atoms with Gasteiger partial charge in [0.25, 0.3) is 5.56 Å². The Balaban J connectivity index is 3.26. The van der Waals surface area contributed by atoms with E-state index in [-0.39, 0.29) is 16.5 Å². The number of pyridine rings is 1. The number of H-pyrrole nitrogens is 1. The summed E-state index contributed by atoms with van der Waals surface area (Å²) in [4.78, 5) is 13.5. The van der Waals surface area contributed by atoms with Crippen LogP contribution < -0.4 is 10.3 Å². The maximum atomic E-state index is 12.0. The smallest absolute Gasteiger partial charge is 0.405 e. The fourth-order valence-electron chi connectivity index (χ4n) is 1.05. The summed E-state index contributed by atoms with van der Waals surface area (Å²) >= 11 is 2.93. The molecule has 1 aromatic heterocycles. The molecule has 1 aromatic rings. The largest absolute Gasteiger partial charge is 0.573 e. The van der Waals surface area contributed by atoms with E-state index in [4.69, 9.17) is 0 Å². The highest BCUT2D eigenvalue weighted by Crippen LogP contribution is 2.28. The number of aryl methyl sites for hydroxylation is 1. The fourth-order valence-corrected chi connectivity index (χ4v) is 1.56. The number of ether oxygens (including phenoxy) is 1. The van der Waals surface area contributed by atoms with Crippen molar-refractivity contribution in [3.63, 3.8) is 0 Å². The first-order valence-corrected chi connectivity index (χ1v) is 5.00. The minimum Gasteiger partial charge on any atom is -0.405 e. The summed E-state index contributed by atoms with van der Waals surface area (Å²) in [5.41, 5.74) is -0.453. The third-order valence-corrected chi connectivity index (χ3v) is 2.24. The number of rotatable bonds is 2. The Morgan fingerprint density at radius 3 is 2.60 bits per heavy atom. The molecule has 84 valence electrons. The van der Waals surface area contributed by atoms with E-state index >= 15 is 0 Å². The van der Waals surface area contributed by atoms with E-state index in [1.165, 1.54) is 13.1 Å². The first kappa shape index (κ1) is 12.1. The maximum Gasteiger partial charge on any atom is 0.573 e. The average molecular weight is 286 g/mol. The van der Waals surface area contributed by atoms with Gasteiger partial charge in [-0.25, -0.2) is 0 Å². The van der Waals surface area contributed by atoms with Gasteiger partial charge in [-0.2, -0.15) is 0 Å². The average Bonchev–Trinajstić information content (AvgIpc) is 2.10. The lowest BCUT2D eigenvalue weighted by atomic mass is 10.2. The Bertz CT molecular complexity index is 413. The van der Waals surface area contributed by atoms with Crippen LogP contribution in [-0.4, -0.2) is 11.3 Å². The topological polar surface area (TPSA) is 42.1 Å². The number of aromatic amines is 1. The third kappa shape index (κ3) is 2.98. The molecule has 3 nitrogen and oxygen atoms in total. The Kier molecular flexibility index (Phi) is 3.43. The molecule has 0 amide bonds. The molecule has 7 heteroatoms. The molecule has 0 aromatic carbocycles. The van der Waals surface area contributed by atoms with Crippen LogP contribution in [0.3, 0.4) is 0 Å². The van der Waals surface area contributed by atoms with Gasteiger partial charge >= 0.3 is 6.36 Å². The first-order chi connectivity index (χ1) is 6.85. The molecule has 0 spiro atoms. The van der Waals surface area contributed by atoms with E-state index in [1.807, 2.05) is 0 Å². The molecule has 1 N–H and O–H groups in total. The first-order valence-electron chi connectivity index (χ1n) is 3.88. The van der Waals surface area contributed by atoms with Gasteiger partial charge in [-0.3, -0.25) is 4.79 Å². The molecule has 0 saturated carbocycles. The quantitative estimate of drug-likeness (QED) is 0.849. The van der Waals surface area contributed by atoms with Crippen molar-refractivity contribution >= 4 is 15.9 Å². The Labute approximate surface area is 91.4 Å². The minimum absolute atomic E-state index is 0.00454. The van der Waals surface area contributed by atoms with Crippen LogP contribution in [-0.2, 0) is 5.33 Å². The molecular weight excluding hydrogens is 279 g/mol. The number of nitrogens with one attached hydrogen (secondary N) is 1. The van der Waals surface area contributed by atoms with Crippen molar-refractivity contribution < 1.29 is 17.9 Å². The zero-order chi connectivity index (χ0) is 11.6. The maximum absolute atomic E-state index is 12.0. The van der Waals surface area contributed by atoms with Gasteiger partial charge in [0.05, 0.1) is 5.56 Å². The number of halogens is 4. The molecule has 0 atom stereocenters. The summed E-state index contributed by atoms with van der Waals surface area (Å²) in [6.07, 6.45) is -3.62. The van der Waals surface area contributed by atoms with Crippen molar-refractivity contribution in [1.82, 2.24) is 4.98 Å². The number of alkyl halides is 4. The fraction of sp³-hybridized carbons (Fsp3) is 0.375. The zero-order valence-corrected chi connectivity index (χ0v) is 9.20. The van der Waals surface area contributed by atoms with Crippen molar-refractivity contribution in [2.75, 3.05) is 0 Å². The van der Waals surface area contributed by atoms with Crippen molar-refractivity contribution in [3.8, 4) is 5.75 Å². The minimum atomic E-state index is -4.80. The van der Waals surface area contributed by atoms with Crippen LogP contribution >= 0.6 is 15.9 Å². The van der Waals surface area contributed by atoms with Crippen LogP contribution in [0, 0.1) is 6.92 Å². The second kappa shape index (κ2) is 4.26. The zero-order valence-electron chi connectivity index (χ0n) is 7.61. The van der Waals surface area contributed by atoms with E-state index < -0.39 is 17.7 Å². The second-order valence-electron chi connectivity index (χ2n) is 2.79. The summed E-state index contributed by atoms with van der Waals surface area (Å²) in [7, 11) is 0. The summed E-state index contributed by atoms with van der Waals surface area (Å²) in [6.45, 7) is 1.42. The molecule has 1 heterocycles. The van der Waals surface area contributed by atoms with Gasteiger partial charge in [0.15, 0.2) is 0 Å². The highest BCUT2D eigenvalue weighted by atomic mass is 79.9. The van der Waals surface area contributed by atoms with Crippen molar-refractivity contribution in [1.29, 1.82) is 0 Å². The van der Waals surface area contributed by atoms with Crippen LogP contribution in [0.2, 0.25) is 0 Å². The number of aromatic nitrogens is 1. The molecule has 0 bridgehead atoms. The highest BCUT2D eigenvalue weighted by molar-refractivity contribution is 9.08. The summed E-state index contributed by atoms with van der Waals surface area (Å²) in [5, 5.41) is -0.00454. The van der Waals surface area contributed by atoms with E-state index in [2.05, 4.69) is 25.7 Å². The lowest BCUT2D eigenvalue weighted by Crippen LogP contribution is -2.22. The summed E-state index contributed by atoms with van der Waals surface area (Å²) in [6, 6.07) is 0. The summed E-state index contributed by atoms with van der Waals surface area (Å²) < 4.78 is 39.8. The van der Waals surface area contributed by atoms with Crippen molar-refractivity contribution in [3.05, 3.63) is 27.7 Å². The van der Waals surface area contributed by atoms with Gasteiger partial charge in [-0.05, 0) is 6.92 Å². The SMILES string of the molecule is Cc1c[nH]c(=O)c(CBr)c1OC(F)(F)F. The van der Waals surface area contributed by atoms with Crippen molar-refractivity contribution in [2.24, 2.45) is 0 Å². The van der Waals surface area contributed by atoms with Gasteiger partial charge in [0, 0.05) is 17.1 Å². The standard InChI is InChI=1S/C8H7BrF3NO2/c1-4-3-13-7(14)5(2-9)6(4)15-8(10,11)12/h3H,2H2,1H3,(H,13,14). The number of hydrogen-bond donors (Lipinski definition) is 1. The van der Waals surface area contributed by atoms with E-state index in [9.17, 15) is 18.0 Å². The van der Waals surface area contributed by atoms with E-state index in [0.29, 0.717) is 0 Å². The van der Waals surface area contributed by atoms with Crippen LogP contribution in [0.4, 0.5) is 13.2 Å². The van der Waals surface area contributed by atoms with Gasteiger partial charge in [0.1, 0.15) is 5.75 Å². The predicted molar refractivity (Wildman–Crippen MR) is 51.1 cm³/mol. The molecule has 0 aliphatic heterocycles. The summed E-state index contributed by atoms with van der Waals surface area (Å²) in [5.74, 6) is -0.442. The lowest BCUT2D eigenvalue weighted by molar-refractivity contribution is -0.275. The second-order valence-corrected chi connectivity index (χ2v) is 3.35. The van der Waals surface area contributed by atoms with E-state index in [0.717, 1.165) is 0 Å². The molecule has 0 radical (unpaired) electrons. The van der Waals surface area contributed by atoms with Gasteiger partial charge in [-0.1, -0.05) is 15.9 Å². The van der Waals surface area contributed by atoms with Crippen LogP contribution in [0.15, 0.2) is 11.0 Å². The van der Waals surface area contributed by atoms with E-state index in [1.54, 1.807) is 0 Å². The molecule has 15 heavy (non-hydrogen) atoms. The monoisotopic (exact) mass is 285 g/mol. The molecule has 0 fully saturated rings. The Hall–Kier alpha value is -0.980. The third-order valence-electron chi connectivity index (χ3n) is 1.68. The Morgan fingerprint density at radius 2 is 2.13 bits per heavy atom. The van der Waals surface area contributed by atoms with Gasteiger partial charge in [0.2, 0.25) is 0 Å². The molecule has 1 rings (SSSR count). The highest BCUT2D eigenvalue weighted by Gasteiger charge is 2.33. The molecule has 0 aliphatic rings. The molecule has 0 unspecified atom stereocenters. The molecule has 0 aliphatic carbocycles. The van der Waals surface area contributed by atoms with Gasteiger partial charge in [-0.15, -0.1) is 13.2 Å². The van der Waals surface area contributed by atoms with Crippen LogP contribution in [0.25, 0.3) is 0 Å². The van der Waals surface area contributed by atoms with Gasteiger partial charge < -0.3 is 9.72 Å². The number of hydrogen-bond acceptors (Lipinski definition) is 2.